The molecule has 0 aliphatic carbocycles. The monoisotopic (exact) mass is 327 g/mol. The van der Waals surface area contributed by atoms with Gasteiger partial charge in [-0.2, -0.15) is 0 Å². The fourth-order valence-electron chi connectivity index (χ4n) is 2.59. The van der Waals surface area contributed by atoms with Crippen molar-refractivity contribution in [3.8, 4) is 0 Å². The average molecular weight is 327 g/mol. The van der Waals surface area contributed by atoms with E-state index in [4.69, 9.17) is 19.9 Å². The van der Waals surface area contributed by atoms with Crippen molar-refractivity contribution in [3.63, 3.8) is 0 Å². The van der Waals surface area contributed by atoms with E-state index in [0.29, 0.717) is 12.1 Å². The van der Waals surface area contributed by atoms with Crippen LogP contribution in [0.15, 0.2) is 36.3 Å². The summed E-state index contributed by atoms with van der Waals surface area (Å²) in [5.74, 6) is -0.0958. The lowest BCUT2D eigenvalue weighted by molar-refractivity contribution is -0.119. The molecule has 0 bridgehead atoms. The van der Waals surface area contributed by atoms with Gasteiger partial charge in [-0.15, -0.1) is 0 Å². The van der Waals surface area contributed by atoms with Crippen molar-refractivity contribution in [2.45, 2.75) is 24.6 Å². The van der Waals surface area contributed by atoms with Gasteiger partial charge in [0.25, 0.3) is 5.91 Å². The van der Waals surface area contributed by atoms with Gasteiger partial charge in [-0.1, -0.05) is 18.7 Å². The first-order valence-electron chi connectivity index (χ1n) is 7.21. The maximum absolute atomic E-state index is 14.7. The summed E-state index contributed by atoms with van der Waals surface area (Å²) in [5, 5.41) is 2.58. The molecule has 0 spiro atoms. The van der Waals surface area contributed by atoms with Gasteiger partial charge in [-0.3, -0.25) is 4.79 Å². The predicted octanol–water partition coefficient (Wildman–Crippen LogP) is 0.0126. The van der Waals surface area contributed by atoms with Gasteiger partial charge in [0, 0.05) is 27.0 Å². The van der Waals surface area contributed by atoms with Crippen LogP contribution < -0.4 is 11.1 Å². The van der Waals surface area contributed by atoms with Crippen LogP contribution in [0.3, 0.4) is 0 Å². The molecule has 0 saturated carbocycles. The molecule has 0 aromatic heterocycles. The number of nitrogens with zero attached hydrogens (tertiary/aromatic N) is 1. The zero-order chi connectivity index (χ0) is 17.0. The SMILES string of the molecule is C=C1NC(=O)C(/C=C/CN)=CN1[C@@H]1OC(COC)[C@@H](OC)C1F. The molecule has 1 saturated heterocycles. The number of carbonyl (C=O) groups excluding carboxylic acids is 1. The highest BCUT2D eigenvalue weighted by Gasteiger charge is 2.48. The molecule has 0 aromatic carbocycles. The molecule has 3 N–H and O–H groups in total. The summed E-state index contributed by atoms with van der Waals surface area (Å²) >= 11 is 0. The van der Waals surface area contributed by atoms with Crippen molar-refractivity contribution in [2.75, 3.05) is 27.4 Å². The number of hydrogen-bond donors (Lipinski definition) is 2. The Balaban J connectivity index is 2.25. The third-order valence-corrected chi connectivity index (χ3v) is 3.69. The second kappa shape index (κ2) is 7.69. The van der Waals surface area contributed by atoms with Gasteiger partial charge in [-0.25, -0.2) is 4.39 Å². The van der Waals surface area contributed by atoms with Crippen LogP contribution in [0, 0.1) is 0 Å². The van der Waals surface area contributed by atoms with Gasteiger partial charge in [0.15, 0.2) is 12.4 Å². The van der Waals surface area contributed by atoms with Crippen molar-refractivity contribution < 1.29 is 23.4 Å². The third kappa shape index (κ3) is 3.61. The van der Waals surface area contributed by atoms with Gasteiger partial charge in [-0.05, 0) is 0 Å². The Morgan fingerprint density at radius 1 is 1.57 bits per heavy atom. The van der Waals surface area contributed by atoms with E-state index < -0.39 is 24.6 Å². The summed E-state index contributed by atoms with van der Waals surface area (Å²) in [6.45, 7) is 4.23. The van der Waals surface area contributed by atoms with Gasteiger partial charge in [0.1, 0.15) is 18.0 Å². The van der Waals surface area contributed by atoms with Gasteiger partial charge >= 0.3 is 0 Å². The number of alkyl halides is 1. The van der Waals surface area contributed by atoms with Crippen LogP contribution in [0.4, 0.5) is 4.39 Å². The second-order valence-electron chi connectivity index (χ2n) is 5.20. The summed E-state index contributed by atoms with van der Waals surface area (Å²) in [4.78, 5) is 13.3. The minimum Gasteiger partial charge on any atom is -0.382 e. The summed E-state index contributed by atoms with van der Waals surface area (Å²) in [5.41, 5.74) is 5.73. The summed E-state index contributed by atoms with van der Waals surface area (Å²) in [6, 6.07) is 0. The minimum absolute atomic E-state index is 0.200. The lowest BCUT2D eigenvalue weighted by atomic mass is 10.1. The van der Waals surface area contributed by atoms with Crippen LogP contribution in [-0.2, 0) is 19.0 Å². The lowest BCUT2D eigenvalue weighted by Crippen LogP contribution is -2.46. The summed E-state index contributed by atoms with van der Waals surface area (Å²) in [6.07, 6.45) is 0.987. The Labute approximate surface area is 134 Å². The zero-order valence-corrected chi connectivity index (χ0v) is 13.2. The highest BCUT2D eigenvalue weighted by molar-refractivity contribution is 5.98. The number of nitrogens with two attached hydrogens (primary N) is 1. The highest BCUT2D eigenvalue weighted by Crippen LogP contribution is 2.31. The molecule has 0 radical (unpaired) electrons. The molecular formula is C15H22FN3O4. The minimum atomic E-state index is -1.43. The van der Waals surface area contributed by atoms with Crippen molar-refractivity contribution in [2.24, 2.45) is 5.73 Å². The molecule has 7 nitrogen and oxygen atoms in total. The molecule has 0 aromatic rings. The van der Waals surface area contributed by atoms with E-state index in [1.807, 2.05) is 0 Å². The normalized spacial score (nSPS) is 31.7. The van der Waals surface area contributed by atoms with E-state index in [1.165, 1.54) is 25.3 Å². The Hall–Kier alpha value is -1.74. The van der Waals surface area contributed by atoms with E-state index in [9.17, 15) is 9.18 Å². The maximum atomic E-state index is 14.7. The molecule has 2 heterocycles. The van der Waals surface area contributed by atoms with Crippen LogP contribution in [0.2, 0.25) is 0 Å². The van der Waals surface area contributed by atoms with E-state index in [0.717, 1.165) is 0 Å². The number of rotatable bonds is 6. The number of methoxy groups -OCH3 is 2. The average Bonchev–Trinajstić information content (AvgIpc) is 2.82. The molecule has 1 amide bonds. The third-order valence-electron chi connectivity index (χ3n) is 3.69. The number of amides is 1. The quantitative estimate of drug-likeness (QED) is 0.715. The number of halogens is 1. The Morgan fingerprint density at radius 3 is 2.91 bits per heavy atom. The lowest BCUT2D eigenvalue weighted by Gasteiger charge is -2.33. The Kier molecular flexibility index (Phi) is 5.89. The zero-order valence-electron chi connectivity index (χ0n) is 13.2. The molecular weight excluding hydrogens is 305 g/mol. The molecule has 128 valence electrons. The predicted molar refractivity (Wildman–Crippen MR) is 81.6 cm³/mol. The highest BCUT2D eigenvalue weighted by atomic mass is 19.1. The molecule has 8 heteroatoms. The molecule has 2 aliphatic rings. The van der Waals surface area contributed by atoms with Gasteiger partial charge in [0.05, 0.1) is 12.2 Å². The van der Waals surface area contributed by atoms with Crippen molar-refractivity contribution >= 4 is 5.91 Å². The van der Waals surface area contributed by atoms with Crippen LogP contribution >= 0.6 is 0 Å². The number of carbonyl (C=O) groups is 1. The van der Waals surface area contributed by atoms with Crippen LogP contribution in [-0.4, -0.2) is 62.8 Å². The molecule has 4 atom stereocenters. The van der Waals surface area contributed by atoms with Crippen LogP contribution in [0.25, 0.3) is 0 Å². The van der Waals surface area contributed by atoms with E-state index >= 15 is 0 Å². The molecule has 2 rings (SSSR count). The van der Waals surface area contributed by atoms with E-state index in [-0.39, 0.29) is 18.3 Å². The molecule has 23 heavy (non-hydrogen) atoms. The second-order valence-corrected chi connectivity index (χ2v) is 5.20. The van der Waals surface area contributed by atoms with Crippen molar-refractivity contribution in [1.29, 1.82) is 0 Å². The fourth-order valence-corrected chi connectivity index (χ4v) is 2.59. The number of ether oxygens (including phenoxy) is 3. The first-order chi connectivity index (χ1) is 11.0. The molecule has 1 fully saturated rings. The number of nitrogens with one attached hydrogen (secondary N) is 1. The Morgan fingerprint density at radius 2 is 2.30 bits per heavy atom. The van der Waals surface area contributed by atoms with Crippen molar-refractivity contribution in [1.82, 2.24) is 10.2 Å². The van der Waals surface area contributed by atoms with Crippen LogP contribution in [0.5, 0.6) is 0 Å². The Bertz CT molecular complexity index is 523. The molecule has 2 unspecified atom stereocenters. The van der Waals surface area contributed by atoms with Gasteiger partial charge < -0.3 is 30.2 Å². The van der Waals surface area contributed by atoms with Gasteiger partial charge in [0.2, 0.25) is 0 Å². The largest absolute Gasteiger partial charge is 0.382 e. The smallest absolute Gasteiger partial charge is 0.258 e. The maximum Gasteiger partial charge on any atom is 0.258 e. The number of hydrogen-bond acceptors (Lipinski definition) is 6. The van der Waals surface area contributed by atoms with Crippen LogP contribution in [0.1, 0.15) is 0 Å². The van der Waals surface area contributed by atoms with E-state index in [2.05, 4.69) is 11.9 Å². The first kappa shape index (κ1) is 17.6. The standard InChI is InChI=1S/C15H22FN3O4/c1-9-18-14(20)10(5-4-6-17)7-19(9)15-12(16)13(22-3)11(23-15)8-21-2/h4-5,7,11-13,15H,1,6,8,17H2,2-3H3,(H,18,20)/b5-4+/t11?,12?,13-,15-/m1/s1. The first-order valence-corrected chi connectivity index (χ1v) is 7.21. The topological polar surface area (TPSA) is 86.1 Å². The fraction of sp³-hybridized carbons (Fsp3) is 0.533. The molecule has 2 aliphatic heterocycles. The summed E-state index contributed by atoms with van der Waals surface area (Å²) in [7, 11) is 2.93. The van der Waals surface area contributed by atoms with E-state index in [1.54, 1.807) is 12.2 Å². The summed E-state index contributed by atoms with van der Waals surface area (Å²) < 4.78 is 30.6. The van der Waals surface area contributed by atoms with Crippen molar-refractivity contribution in [3.05, 3.63) is 36.3 Å².